The zero-order valence-corrected chi connectivity index (χ0v) is 20.6. The van der Waals surface area contributed by atoms with Crippen LogP contribution in [-0.2, 0) is 17.9 Å². The molecule has 3 aromatic carbocycles. The third-order valence-corrected chi connectivity index (χ3v) is 5.53. The molecule has 3 rings (SSSR count). The number of anilines is 1. The first kappa shape index (κ1) is 28.3. The molecule has 12 heteroatoms. The lowest BCUT2D eigenvalue weighted by Crippen LogP contribution is -2.34. The van der Waals surface area contributed by atoms with Crippen LogP contribution in [0.5, 0.6) is 5.75 Å². The maximum absolute atomic E-state index is 13.1. The average molecular weight is 550 g/mol. The smallest absolute Gasteiger partial charge is 0.481 e. The van der Waals surface area contributed by atoms with Crippen molar-refractivity contribution in [3.05, 3.63) is 94.5 Å². The number of amides is 3. The van der Waals surface area contributed by atoms with E-state index < -0.39 is 30.0 Å². The van der Waals surface area contributed by atoms with Gasteiger partial charge in [-0.05, 0) is 53.6 Å². The third-order valence-electron chi connectivity index (χ3n) is 5.16. The Morgan fingerprint density at radius 3 is 2.18 bits per heavy atom. The van der Waals surface area contributed by atoms with Gasteiger partial charge in [-0.3, -0.25) is 9.59 Å². The molecule has 3 amide bonds. The largest absolute Gasteiger partial charge is 0.573 e. The molecule has 0 saturated heterocycles. The van der Waals surface area contributed by atoms with Gasteiger partial charge in [0, 0.05) is 35.9 Å². The maximum atomic E-state index is 13.1. The number of rotatable bonds is 10. The molecule has 0 atom stereocenters. The number of nitrogens with zero attached hydrogens (tertiary/aromatic N) is 1. The normalized spacial score (nSPS) is 10.9. The highest BCUT2D eigenvalue weighted by Gasteiger charge is 2.31. The number of benzene rings is 3. The first-order valence-corrected chi connectivity index (χ1v) is 11.6. The molecule has 200 valence electrons. The number of carboxylic acids is 1. The summed E-state index contributed by atoms with van der Waals surface area (Å²) in [5.74, 6) is -1.87. The molecule has 3 aromatic rings. The summed E-state index contributed by atoms with van der Waals surface area (Å²) in [5.41, 5.74) is 1.93. The van der Waals surface area contributed by atoms with Crippen molar-refractivity contribution in [3.8, 4) is 5.75 Å². The lowest BCUT2D eigenvalue weighted by Gasteiger charge is -2.24. The Morgan fingerprint density at radius 2 is 1.58 bits per heavy atom. The first-order chi connectivity index (χ1) is 18.0. The van der Waals surface area contributed by atoms with Gasteiger partial charge in [0.15, 0.2) is 0 Å². The van der Waals surface area contributed by atoms with E-state index in [1.165, 1.54) is 17.0 Å². The molecule has 0 aliphatic rings. The standard InChI is InChI=1S/C26H23ClF3N3O5/c27-22-4-2-1-3-19(22)16-33(25(37)32-20-9-11-21(12-10-20)38-26(28,29)30)15-17-5-7-18(8-6-17)24(36)31-14-13-23(34)35/h1-12H,13-16H2,(H,31,36)(H,32,37)(H,34,35). The van der Waals surface area contributed by atoms with Crippen LogP contribution in [-0.4, -0.2) is 40.8 Å². The monoisotopic (exact) mass is 549 g/mol. The second kappa shape index (κ2) is 12.8. The van der Waals surface area contributed by atoms with E-state index in [-0.39, 0.29) is 31.7 Å². The second-order valence-electron chi connectivity index (χ2n) is 8.05. The van der Waals surface area contributed by atoms with E-state index in [1.54, 1.807) is 48.5 Å². The van der Waals surface area contributed by atoms with Crippen LogP contribution >= 0.6 is 11.6 Å². The van der Waals surface area contributed by atoms with Crippen molar-refractivity contribution in [2.24, 2.45) is 0 Å². The van der Waals surface area contributed by atoms with Crippen LogP contribution in [0.3, 0.4) is 0 Å². The number of nitrogens with one attached hydrogen (secondary N) is 2. The molecule has 0 radical (unpaired) electrons. The SMILES string of the molecule is O=C(O)CCNC(=O)c1ccc(CN(Cc2ccccc2Cl)C(=O)Nc2ccc(OC(F)(F)F)cc2)cc1. The molecule has 0 aliphatic carbocycles. The van der Waals surface area contributed by atoms with E-state index in [2.05, 4.69) is 15.4 Å². The molecule has 0 aliphatic heterocycles. The predicted molar refractivity (Wildman–Crippen MR) is 134 cm³/mol. The maximum Gasteiger partial charge on any atom is 0.573 e. The number of urea groups is 1. The second-order valence-corrected chi connectivity index (χ2v) is 8.45. The molecule has 8 nitrogen and oxygen atoms in total. The number of carbonyl (C=O) groups excluding carboxylic acids is 2. The Kier molecular flexibility index (Phi) is 9.55. The van der Waals surface area contributed by atoms with Crippen molar-refractivity contribution in [2.75, 3.05) is 11.9 Å². The Bertz CT molecular complexity index is 1270. The molecule has 0 bridgehead atoms. The van der Waals surface area contributed by atoms with Crippen LogP contribution < -0.4 is 15.4 Å². The molecule has 38 heavy (non-hydrogen) atoms. The molecular formula is C26H23ClF3N3O5. The van der Waals surface area contributed by atoms with Crippen molar-refractivity contribution in [1.29, 1.82) is 0 Å². The number of hydrogen-bond acceptors (Lipinski definition) is 4. The summed E-state index contributed by atoms with van der Waals surface area (Å²) in [4.78, 5) is 37.4. The molecule has 0 aromatic heterocycles. The van der Waals surface area contributed by atoms with Gasteiger partial charge in [-0.1, -0.05) is 41.9 Å². The predicted octanol–water partition coefficient (Wildman–Crippen LogP) is 5.68. The van der Waals surface area contributed by atoms with Gasteiger partial charge in [0.1, 0.15) is 5.75 Å². The summed E-state index contributed by atoms with van der Waals surface area (Å²) < 4.78 is 41.1. The van der Waals surface area contributed by atoms with Crippen molar-refractivity contribution in [1.82, 2.24) is 10.2 Å². The molecule has 0 unspecified atom stereocenters. The lowest BCUT2D eigenvalue weighted by atomic mass is 10.1. The highest BCUT2D eigenvalue weighted by Crippen LogP contribution is 2.25. The van der Waals surface area contributed by atoms with Crippen LogP contribution in [0, 0.1) is 0 Å². The van der Waals surface area contributed by atoms with Crippen molar-refractivity contribution >= 4 is 35.2 Å². The fourth-order valence-electron chi connectivity index (χ4n) is 3.34. The van der Waals surface area contributed by atoms with E-state index in [1.807, 2.05) is 0 Å². The van der Waals surface area contributed by atoms with Crippen molar-refractivity contribution in [2.45, 2.75) is 25.9 Å². The van der Waals surface area contributed by atoms with Gasteiger partial charge < -0.3 is 25.4 Å². The van der Waals surface area contributed by atoms with Crippen LogP contribution in [0.4, 0.5) is 23.7 Å². The molecule has 0 saturated carbocycles. The van der Waals surface area contributed by atoms with Crippen molar-refractivity contribution < 1.29 is 37.4 Å². The van der Waals surface area contributed by atoms with Crippen LogP contribution in [0.25, 0.3) is 0 Å². The summed E-state index contributed by atoms with van der Waals surface area (Å²) in [5, 5.41) is 14.3. The average Bonchev–Trinajstić information content (AvgIpc) is 2.85. The van der Waals surface area contributed by atoms with Crippen LogP contribution in [0.2, 0.25) is 5.02 Å². The van der Waals surface area contributed by atoms with Crippen LogP contribution in [0.15, 0.2) is 72.8 Å². The molecule has 0 heterocycles. The van der Waals surface area contributed by atoms with E-state index >= 15 is 0 Å². The van der Waals surface area contributed by atoms with Gasteiger partial charge in [0.25, 0.3) is 5.91 Å². The van der Waals surface area contributed by atoms with Crippen molar-refractivity contribution in [3.63, 3.8) is 0 Å². The summed E-state index contributed by atoms with van der Waals surface area (Å²) in [6.45, 7) is 0.233. The van der Waals surface area contributed by atoms with Crippen LogP contribution in [0.1, 0.15) is 27.9 Å². The van der Waals surface area contributed by atoms with Gasteiger partial charge in [0.05, 0.1) is 6.42 Å². The highest BCUT2D eigenvalue weighted by atomic mass is 35.5. The Labute approximate surface area is 221 Å². The van der Waals surface area contributed by atoms with E-state index in [0.717, 1.165) is 12.1 Å². The summed E-state index contributed by atoms with van der Waals surface area (Å²) >= 11 is 6.28. The number of carbonyl (C=O) groups is 3. The highest BCUT2D eigenvalue weighted by molar-refractivity contribution is 6.31. The zero-order valence-electron chi connectivity index (χ0n) is 19.8. The zero-order chi connectivity index (χ0) is 27.7. The van der Waals surface area contributed by atoms with E-state index in [4.69, 9.17) is 16.7 Å². The minimum atomic E-state index is -4.83. The molecule has 0 fully saturated rings. The number of alkyl halides is 3. The fourth-order valence-corrected chi connectivity index (χ4v) is 3.54. The van der Waals surface area contributed by atoms with E-state index in [9.17, 15) is 27.6 Å². The van der Waals surface area contributed by atoms with Gasteiger partial charge in [-0.15, -0.1) is 13.2 Å². The quantitative estimate of drug-likeness (QED) is 0.302. The van der Waals surface area contributed by atoms with Gasteiger partial charge in [-0.2, -0.15) is 0 Å². The Morgan fingerprint density at radius 1 is 0.921 bits per heavy atom. The topological polar surface area (TPSA) is 108 Å². The summed E-state index contributed by atoms with van der Waals surface area (Å²) in [7, 11) is 0. The van der Waals surface area contributed by atoms with Gasteiger partial charge >= 0.3 is 18.4 Å². The molecule has 0 spiro atoms. The summed E-state index contributed by atoms with van der Waals surface area (Å²) in [6.07, 6.45) is -5.03. The van der Waals surface area contributed by atoms with E-state index in [0.29, 0.717) is 21.7 Å². The molecular weight excluding hydrogens is 527 g/mol. The minimum Gasteiger partial charge on any atom is -0.481 e. The number of aliphatic carboxylic acids is 1. The number of hydrogen-bond donors (Lipinski definition) is 3. The number of carboxylic acid groups (broad SMARTS) is 1. The number of halogens is 4. The number of ether oxygens (including phenoxy) is 1. The first-order valence-electron chi connectivity index (χ1n) is 11.2. The Hall–Kier alpha value is -4.25. The lowest BCUT2D eigenvalue weighted by molar-refractivity contribution is -0.274. The minimum absolute atomic E-state index is 0.00892. The molecule has 3 N–H and O–H groups in total. The third kappa shape index (κ3) is 9.00. The van der Waals surface area contributed by atoms with Gasteiger partial charge in [0.2, 0.25) is 0 Å². The Balaban J connectivity index is 1.72. The van der Waals surface area contributed by atoms with Gasteiger partial charge in [-0.25, -0.2) is 4.79 Å². The fraction of sp³-hybridized carbons (Fsp3) is 0.192. The summed E-state index contributed by atoms with van der Waals surface area (Å²) in [6, 6.07) is 17.6.